The van der Waals surface area contributed by atoms with Crippen molar-refractivity contribution in [2.24, 2.45) is 0 Å². The van der Waals surface area contributed by atoms with Gasteiger partial charge in [0, 0.05) is 25.2 Å². The zero-order valence-corrected chi connectivity index (χ0v) is 8.23. The van der Waals surface area contributed by atoms with Crippen LogP contribution in [0.2, 0.25) is 0 Å². The van der Waals surface area contributed by atoms with E-state index in [0.717, 1.165) is 0 Å². The van der Waals surface area contributed by atoms with Crippen molar-refractivity contribution < 1.29 is 14.7 Å². The molecule has 0 saturated heterocycles. The normalized spacial score (nSPS) is 13.8. The highest BCUT2D eigenvalue weighted by Crippen LogP contribution is 2.28. The van der Waals surface area contributed by atoms with Gasteiger partial charge in [0.25, 0.3) is 0 Å². The SMILES string of the molecule is CC(=O)N1CCc2c(C(=O)O)ccnc21. The summed E-state index contributed by atoms with van der Waals surface area (Å²) in [5, 5.41) is 8.94. The minimum atomic E-state index is -0.973. The van der Waals surface area contributed by atoms with Crippen molar-refractivity contribution in [2.75, 3.05) is 11.4 Å². The smallest absolute Gasteiger partial charge is 0.336 e. The summed E-state index contributed by atoms with van der Waals surface area (Å²) in [4.78, 5) is 27.7. The fourth-order valence-corrected chi connectivity index (χ4v) is 1.80. The molecule has 2 heterocycles. The summed E-state index contributed by atoms with van der Waals surface area (Å²) in [6.45, 7) is 1.96. The lowest BCUT2D eigenvalue weighted by molar-refractivity contribution is -0.116. The Morgan fingerprint density at radius 2 is 2.27 bits per heavy atom. The molecule has 0 radical (unpaired) electrons. The molecule has 2 rings (SSSR count). The number of carboxylic acids is 1. The topological polar surface area (TPSA) is 70.5 Å². The van der Waals surface area contributed by atoms with Crippen LogP contribution < -0.4 is 4.90 Å². The van der Waals surface area contributed by atoms with Crippen LogP contribution in [0.5, 0.6) is 0 Å². The number of carbonyl (C=O) groups excluding carboxylic acids is 1. The van der Waals surface area contributed by atoms with E-state index in [1.54, 1.807) is 0 Å². The van der Waals surface area contributed by atoms with Crippen LogP contribution in [0.15, 0.2) is 12.3 Å². The molecular weight excluding hydrogens is 196 g/mol. The quantitative estimate of drug-likeness (QED) is 0.733. The van der Waals surface area contributed by atoms with E-state index >= 15 is 0 Å². The maximum atomic E-state index is 11.2. The largest absolute Gasteiger partial charge is 0.478 e. The molecule has 5 nitrogen and oxygen atoms in total. The Morgan fingerprint density at radius 3 is 2.87 bits per heavy atom. The number of nitrogens with zero attached hydrogens (tertiary/aromatic N) is 2. The van der Waals surface area contributed by atoms with Crippen molar-refractivity contribution in [3.8, 4) is 0 Å². The van der Waals surface area contributed by atoms with Gasteiger partial charge in [-0.15, -0.1) is 0 Å². The van der Waals surface area contributed by atoms with Gasteiger partial charge in [-0.3, -0.25) is 9.69 Å². The molecule has 1 aliphatic heterocycles. The number of carboxylic acid groups (broad SMARTS) is 1. The number of aromatic nitrogens is 1. The monoisotopic (exact) mass is 206 g/mol. The fraction of sp³-hybridized carbons (Fsp3) is 0.300. The van der Waals surface area contributed by atoms with Crippen molar-refractivity contribution in [2.45, 2.75) is 13.3 Å². The number of aromatic carboxylic acids is 1. The molecule has 0 saturated carbocycles. The van der Waals surface area contributed by atoms with E-state index in [1.165, 1.54) is 24.1 Å². The van der Waals surface area contributed by atoms with Gasteiger partial charge >= 0.3 is 5.97 Å². The second-order valence-corrected chi connectivity index (χ2v) is 3.39. The molecule has 0 aliphatic carbocycles. The van der Waals surface area contributed by atoms with Gasteiger partial charge < -0.3 is 5.11 Å². The first-order chi connectivity index (χ1) is 7.11. The van der Waals surface area contributed by atoms with Gasteiger partial charge in [-0.25, -0.2) is 9.78 Å². The Morgan fingerprint density at radius 1 is 1.53 bits per heavy atom. The zero-order valence-electron chi connectivity index (χ0n) is 8.23. The molecule has 0 fully saturated rings. The number of hydrogen-bond donors (Lipinski definition) is 1. The lowest BCUT2D eigenvalue weighted by Crippen LogP contribution is -2.26. The molecule has 1 aliphatic rings. The summed E-state index contributed by atoms with van der Waals surface area (Å²) in [6, 6.07) is 1.46. The number of rotatable bonds is 1. The molecule has 5 heteroatoms. The molecule has 1 aromatic rings. The Bertz CT molecular complexity index is 442. The van der Waals surface area contributed by atoms with Gasteiger partial charge in [-0.1, -0.05) is 0 Å². The minimum Gasteiger partial charge on any atom is -0.478 e. The number of carbonyl (C=O) groups is 2. The van der Waals surface area contributed by atoms with E-state index in [-0.39, 0.29) is 11.5 Å². The van der Waals surface area contributed by atoms with Crippen molar-refractivity contribution in [1.29, 1.82) is 0 Å². The summed E-state index contributed by atoms with van der Waals surface area (Å²) < 4.78 is 0. The summed E-state index contributed by atoms with van der Waals surface area (Å²) in [5.41, 5.74) is 0.893. The lowest BCUT2D eigenvalue weighted by atomic mass is 10.1. The van der Waals surface area contributed by atoms with Gasteiger partial charge in [0.2, 0.25) is 5.91 Å². The number of anilines is 1. The third-order valence-electron chi connectivity index (χ3n) is 2.48. The highest BCUT2D eigenvalue weighted by atomic mass is 16.4. The first-order valence-corrected chi connectivity index (χ1v) is 4.60. The van der Waals surface area contributed by atoms with Crippen LogP contribution in [-0.4, -0.2) is 28.5 Å². The Kier molecular flexibility index (Phi) is 2.15. The van der Waals surface area contributed by atoms with Gasteiger partial charge in [0.15, 0.2) is 0 Å². The average Bonchev–Trinajstić information content (AvgIpc) is 2.59. The molecule has 1 N–H and O–H groups in total. The van der Waals surface area contributed by atoms with Crippen molar-refractivity contribution in [1.82, 2.24) is 4.98 Å². The second-order valence-electron chi connectivity index (χ2n) is 3.39. The number of amides is 1. The molecule has 15 heavy (non-hydrogen) atoms. The summed E-state index contributed by atoms with van der Waals surface area (Å²) in [7, 11) is 0. The maximum absolute atomic E-state index is 11.2. The van der Waals surface area contributed by atoms with Crippen LogP contribution in [0.1, 0.15) is 22.8 Å². The van der Waals surface area contributed by atoms with Crippen molar-refractivity contribution >= 4 is 17.7 Å². The van der Waals surface area contributed by atoms with E-state index in [2.05, 4.69) is 4.98 Å². The molecule has 0 aromatic carbocycles. The van der Waals surface area contributed by atoms with Crippen LogP contribution in [-0.2, 0) is 11.2 Å². The molecular formula is C10H10N2O3. The van der Waals surface area contributed by atoms with Crippen LogP contribution in [0.3, 0.4) is 0 Å². The molecule has 78 valence electrons. The van der Waals surface area contributed by atoms with Crippen molar-refractivity contribution in [3.05, 3.63) is 23.4 Å². The second kappa shape index (κ2) is 3.34. The number of pyridine rings is 1. The fourth-order valence-electron chi connectivity index (χ4n) is 1.80. The van der Waals surface area contributed by atoms with Gasteiger partial charge in [0.05, 0.1) is 5.56 Å². The van der Waals surface area contributed by atoms with E-state index in [9.17, 15) is 9.59 Å². The standard InChI is InChI=1S/C10H10N2O3/c1-6(13)12-5-3-7-8(10(14)15)2-4-11-9(7)12/h2,4H,3,5H2,1H3,(H,14,15). The number of fused-ring (bicyclic) bond motifs is 1. The van der Waals surface area contributed by atoms with Crippen LogP contribution in [0, 0.1) is 0 Å². The lowest BCUT2D eigenvalue weighted by Gasteiger charge is -2.13. The first-order valence-electron chi connectivity index (χ1n) is 4.60. The van der Waals surface area contributed by atoms with Crippen LogP contribution >= 0.6 is 0 Å². The highest BCUT2D eigenvalue weighted by Gasteiger charge is 2.27. The van der Waals surface area contributed by atoms with Crippen molar-refractivity contribution in [3.63, 3.8) is 0 Å². The minimum absolute atomic E-state index is 0.108. The third-order valence-corrected chi connectivity index (χ3v) is 2.48. The third kappa shape index (κ3) is 1.45. The molecule has 0 atom stereocenters. The molecule has 0 unspecified atom stereocenters. The Balaban J connectivity index is 2.52. The van der Waals surface area contributed by atoms with Crippen LogP contribution in [0.4, 0.5) is 5.82 Å². The maximum Gasteiger partial charge on any atom is 0.336 e. The molecule has 0 spiro atoms. The predicted octanol–water partition coefficient (Wildman–Crippen LogP) is 0.689. The Labute approximate surface area is 86.3 Å². The first kappa shape index (κ1) is 9.64. The summed E-state index contributed by atoms with van der Waals surface area (Å²) in [5.74, 6) is -0.592. The molecule has 1 amide bonds. The van der Waals surface area contributed by atoms with Crippen LogP contribution in [0.25, 0.3) is 0 Å². The van der Waals surface area contributed by atoms with Gasteiger partial charge in [0.1, 0.15) is 5.82 Å². The number of hydrogen-bond acceptors (Lipinski definition) is 3. The summed E-state index contributed by atoms with van der Waals surface area (Å²) in [6.07, 6.45) is 1.98. The predicted molar refractivity (Wildman–Crippen MR) is 52.9 cm³/mol. The molecule has 0 bridgehead atoms. The van der Waals surface area contributed by atoms with E-state index < -0.39 is 5.97 Å². The Hall–Kier alpha value is -1.91. The zero-order chi connectivity index (χ0) is 11.0. The molecule has 1 aromatic heterocycles. The van der Waals surface area contributed by atoms with E-state index in [4.69, 9.17) is 5.11 Å². The van der Waals surface area contributed by atoms with E-state index in [0.29, 0.717) is 24.3 Å². The van der Waals surface area contributed by atoms with Gasteiger partial charge in [-0.05, 0) is 12.5 Å². The highest BCUT2D eigenvalue weighted by molar-refractivity contribution is 5.97. The van der Waals surface area contributed by atoms with Gasteiger partial charge in [-0.2, -0.15) is 0 Å². The summed E-state index contributed by atoms with van der Waals surface area (Å²) >= 11 is 0. The average molecular weight is 206 g/mol. The van der Waals surface area contributed by atoms with E-state index in [1.807, 2.05) is 0 Å².